The van der Waals surface area contributed by atoms with Crippen LogP contribution in [0, 0.1) is 0 Å². The Morgan fingerprint density at radius 2 is 1.77 bits per heavy atom. The van der Waals surface area contributed by atoms with E-state index in [1.54, 1.807) is 24.3 Å². The summed E-state index contributed by atoms with van der Waals surface area (Å²) < 4.78 is 40.3. The number of carbonyl (C=O) groups excluding carboxylic acids is 1. The molecule has 0 unspecified atom stereocenters. The number of alkyl halides is 3. The molecule has 0 aliphatic rings. The van der Waals surface area contributed by atoms with Gasteiger partial charge in [-0.2, -0.15) is 13.2 Å². The molecule has 0 amide bonds. The van der Waals surface area contributed by atoms with Gasteiger partial charge in [0.15, 0.2) is 0 Å². The maximum Gasteiger partial charge on any atom is 0.484 e. The van der Waals surface area contributed by atoms with Crippen molar-refractivity contribution in [2.24, 2.45) is 0 Å². The molecule has 0 aromatic heterocycles. The molecule has 0 aliphatic heterocycles. The Labute approximate surface area is 134 Å². The Morgan fingerprint density at radius 3 is 2.36 bits per heavy atom. The van der Waals surface area contributed by atoms with Crippen molar-refractivity contribution in [2.45, 2.75) is 12.7 Å². The van der Waals surface area contributed by atoms with Gasteiger partial charge in [-0.15, -0.1) is 0 Å². The maximum atomic E-state index is 13.3. The summed E-state index contributed by atoms with van der Waals surface area (Å²) in [7, 11) is 0. The Hall–Kier alpha value is -1.82. The highest BCUT2D eigenvalue weighted by Crippen LogP contribution is 2.34. The summed E-state index contributed by atoms with van der Waals surface area (Å²) in [5.74, 6) is 0. The van der Waals surface area contributed by atoms with Crippen molar-refractivity contribution in [3.05, 3.63) is 64.1 Å². The first-order chi connectivity index (χ1) is 10.4. The average Bonchev–Trinajstić information content (AvgIpc) is 2.49. The third-order valence-corrected chi connectivity index (χ3v) is 3.84. The number of carbonyl (C=O) groups is 1. The van der Waals surface area contributed by atoms with Crippen LogP contribution in [0.5, 0.6) is 0 Å². The predicted molar refractivity (Wildman–Crippen MR) is 83.1 cm³/mol. The molecule has 0 saturated heterocycles. The number of hydrogen-bond acceptors (Lipinski definition) is 2. The Balaban J connectivity index is 2.29. The number of hydrogen-bond donors (Lipinski definition) is 0. The zero-order chi connectivity index (χ0) is 16.2. The number of aldehydes is 1. The van der Waals surface area contributed by atoms with E-state index in [0.29, 0.717) is 15.7 Å². The first-order valence-corrected chi connectivity index (χ1v) is 7.34. The molecule has 2 rings (SSSR count). The molecule has 0 bridgehead atoms. The Kier molecular flexibility index (Phi) is 5.24. The van der Waals surface area contributed by atoms with E-state index < -0.39 is 6.30 Å². The van der Waals surface area contributed by atoms with Crippen LogP contribution in [0.25, 0.3) is 0 Å². The van der Waals surface area contributed by atoms with E-state index in [-0.39, 0.29) is 24.2 Å². The lowest BCUT2D eigenvalue weighted by atomic mass is 10.1. The molecule has 22 heavy (non-hydrogen) atoms. The second kappa shape index (κ2) is 6.96. The lowest BCUT2D eigenvalue weighted by Gasteiger charge is -2.28. The second-order valence-corrected chi connectivity index (χ2v) is 5.54. The van der Waals surface area contributed by atoms with Crippen LogP contribution in [0.4, 0.5) is 18.9 Å². The SMILES string of the molecule is O=Cc1ccc(Br)c(N(CCc2ccccc2)C(F)(F)F)c1. The molecule has 0 spiro atoms. The summed E-state index contributed by atoms with van der Waals surface area (Å²) >= 11 is 3.12. The molecule has 2 aromatic carbocycles. The van der Waals surface area contributed by atoms with Gasteiger partial charge in [-0.1, -0.05) is 36.4 Å². The zero-order valence-corrected chi connectivity index (χ0v) is 13.1. The van der Waals surface area contributed by atoms with E-state index in [1.165, 1.54) is 18.2 Å². The molecular weight excluding hydrogens is 359 g/mol. The molecule has 0 fully saturated rings. The number of anilines is 1. The highest BCUT2D eigenvalue weighted by Gasteiger charge is 2.38. The summed E-state index contributed by atoms with van der Waals surface area (Å²) in [5.41, 5.74) is 0.958. The minimum atomic E-state index is -4.53. The molecule has 116 valence electrons. The van der Waals surface area contributed by atoms with Gasteiger partial charge in [0.25, 0.3) is 0 Å². The molecule has 0 radical (unpaired) electrons. The summed E-state index contributed by atoms with van der Waals surface area (Å²) in [5, 5.41) is 0. The zero-order valence-electron chi connectivity index (χ0n) is 11.5. The van der Waals surface area contributed by atoms with E-state index in [0.717, 1.165) is 5.56 Å². The molecule has 0 heterocycles. The molecular formula is C16H13BrF3NO. The lowest BCUT2D eigenvalue weighted by Crippen LogP contribution is -2.39. The first-order valence-electron chi connectivity index (χ1n) is 6.55. The van der Waals surface area contributed by atoms with Gasteiger partial charge in [0.05, 0.1) is 5.69 Å². The van der Waals surface area contributed by atoms with Gasteiger partial charge >= 0.3 is 6.30 Å². The van der Waals surface area contributed by atoms with Crippen LogP contribution < -0.4 is 4.90 Å². The second-order valence-electron chi connectivity index (χ2n) is 4.68. The Morgan fingerprint density at radius 1 is 1.09 bits per heavy atom. The van der Waals surface area contributed by atoms with Crippen LogP contribution in [0.2, 0.25) is 0 Å². The van der Waals surface area contributed by atoms with Crippen molar-refractivity contribution in [1.82, 2.24) is 0 Å². The molecule has 0 aliphatic carbocycles. The standard InChI is InChI=1S/C16H13BrF3NO/c17-14-7-6-13(11-22)10-15(14)21(16(18,19)20)9-8-12-4-2-1-3-5-12/h1-7,10-11H,8-9H2. The molecule has 0 atom stereocenters. The van der Waals surface area contributed by atoms with Crippen molar-refractivity contribution in [1.29, 1.82) is 0 Å². The van der Waals surface area contributed by atoms with Gasteiger partial charge in [-0.05, 0) is 40.0 Å². The van der Waals surface area contributed by atoms with Gasteiger partial charge < -0.3 is 0 Å². The summed E-state index contributed by atoms with van der Waals surface area (Å²) in [6, 6.07) is 13.1. The fraction of sp³-hybridized carbons (Fsp3) is 0.188. The molecule has 0 saturated carbocycles. The third-order valence-electron chi connectivity index (χ3n) is 3.17. The summed E-state index contributed by atoms with van der Waals surface area (Å²) in [4.78, 5) is 11.2. The molecule has 6 heteroatoms. The van der Waals surface area contributed by atoms with Crippen LogP contribution in [-0.4, -0.2) is 19.1 Å². The summed E-state index contributed by atoms with van der Waals surface area (Å²) in [6.45, 7) is -0.228. The van der Waals surface area contributed by atoms with E-state index >= 15 is 0 Å². The number of nitrogens with zero attached hydrogens (tertiary/aromatic N) is 1. The van der Waals surface area contributed by atoms with Crippen LogP contribution in [-0.2, 0) is 6.42 Å². The average molecular weight is 372 g/mol. The van der Waals surface area contributed by atoms with Crippen molar-refractivity contribution < 1.29 is 18.0 Å². The Bertz CT molecular complexity index is 644. The first kappa shape index (κ1) is 16.5. The van der Waals surface area contributed by atoms with Crippen molar-refractivity contribution in [3.8, 4) is 0 Å². The number of benzene rings is 2. The third kappa shape index (κ3) is 4.10. The van der Waals surface area contributed by atoms with Crippen LogP contribution >= 0.6 is 15.9 Å². The van der Waals surface area contributed by atoms with E-state index in [4.69, 9.17) is 0 Å². The quantitative estimate of drug-likeness (QED) is 0.554. The van der Waals surface area contributed by atoms with Crippen molar-refractivity contribution in [3.63, 3.8) is 0 Å². The van der Waals surface area contributed by atoms with Crippen LogP contribution in [0.15, 0.2) is 53.0 Å². The fourth-order valence-electron chi connectivity index (χ4n) is 2.08. The van der Waals surface area contributed by atoms with Crippen molar-refractivity contribution in [2.75, 3.05) is 11.4 Å². The molecule has 2 nitrogen and oxygen atoms in total. The monoisotopic (exact) mass is 371 g/mol. The largest absolute Gasteiger partial charge is 0.484 e. The van der Waals surface area contributed by atoms with Crippen molar-refractivity contribution >= 4 is 27.9 Å². The van der Waals surface area contributed by atoms with Gasteiger partial charge in [-0.3, -0.25) is 9.69 Å². The predicted octanol–water partition coefficient (Wildman–Crippen LogP) is 4.83. The lowest BCUT2D eigenvalue weighted by molar-refractivity contribution is -0.129. The minimum Gasteiger partial charge on any atom is -0.298 e. The van der Waals surface area contributed by atoms with E-state index in [2.05, 4.69) is 15.9 Å². The normalized spacial score (nSPS) is 11.3. The highest BCUT2D eigenvalue weighted by atomic mass is 79.9. The van der Waals surface area contributed by atoms with Crippen LogP contribution in [0.3, 0.4) is 0 Å². The van der Waals surface area contributed by atoms with Crippen LogP contribution in [0.1, 0.15) is 15.9 Å². The van der Waals surface area contributed by atoms with E-state index in [1.807, 2.05) is 6.07 Å². The number of halogens is 4. The minimum absolute atomic E-state index is 0.0620. The van der Waals surface area contributed by atoms with Gasteiger partial charge in [0, 0.05) is 16.6 Å². The fourth-order valence-corrected chi connectivity index (χ4v) is 2.54. The highest BCUT2D eigenvalue weighted by molar-refractivity contribution is 9.10. The van der Waals surface area contributed by atoms with Gasteiger partial charge in [0.1, 0.15) is 6.29 Å². The topological polar surface area (TPSA) is 20.3 Å². The van der Waals surface area contributed by atoms with Gasteiger partial charge in [0.2, 0.25) is 0 Å². The summed E-state index contributed by atoms with van der Waals surface area (Å²) in [6.07, 6.45) is -3.75. The maximum absolute atomic E-state index is 13.3. The smallest absolute Gasteiger partial charge is 0.298 e. The molecule has 2 aromatic rings. The van der Waals surface area contributed by atoms with E-state index in [9.17, 15) is 18.0 Å². The number of rotatable bonds is 5. The molecule has 0 N–H and O–H groups in total. The van der Waals surface area contributed by atoms with Gasteiger partial charge in [-0.25, -0.2) is 0 Å².